The van der Waals surface area contributed by atoms with Crippen LogP contribution in [0.25, 0.3) is 0 Å². The first-order valence-corrected chi connectivity index (χ1v) is 6.61. The first-order valence-electron chi connectivity index (χ1n) is 6.61. The molecule has 1 aromatic heterocycles. The van der Waals surface area contributed by atoms with Crippen LogP contribution in [0.3, 0.4) is 0 Å². The molecule has 1 amide bonds. The fraction of sp³-hybridized carbons (Fsp3) is 0.267. The summed E-state index contributed by atoms with van der Waals surface area (Å²) in [4.78, 5) is 23.9. The van der Waals surface area contributed by atoms with E-state index in [1.54, 1.807) is 26.0 Å². The number of esters is 1. The summed E-state index contributed by atoms with van der Waals surface area (Å²) < 4.78 is 9.86. The van der Waals surface area contributed by atoms with E-state index in [2.05, 4.69) is 10.5 Å². The number of anilines is 1. The average Bonchev–Trinajstić information content (AvgIpc) is 2.86. The van der Waals surface area contributed by atoms with Gasteiger partial charge in [0.2, 0.25) is 0 Å². The number of carbonyl (C=O) groups is 2. The molecule has 0 spiro atoms. The van der Waals surface area contributed by atoms with Crippen LogP contribution in [0.4, 0.5) is 5.82 Å². The number of hydrogen-bond donors (Lipinski definition) is 2. The molecule has 1 heterocycles. The number of hydrogen-bond acceptors (Lipinski definition) is 6. The molecule has 0 bridgehead atoms. The number of phenolic OH excluding ortho intramolecular Hbond substituents is 1. The molecule has 0 saturated carbocycles. The summed E-state index contributed by atoms with van der Waals surface area (Å²) >= 11 is 0. The maximum atomic E-state index is 12.0. The molecule has 0 aliphatic rings. The Morgan fingerprint density at radius 2 is 2.05 bits per heavy atom. The number of nitrogens with zero attached hydrogens (tertiary/aromatic N) is 1. The fourth-order valence-electron chi connectivity index (χ4n) is 1.74. The van der Waals surface area contributed by atoms with Gasteiger partial charge in [-0.3, -0.25) is 4.79 Å². The number of aromatic hydroxyl groups is 1. The fourth-order valence-corrected chi connectivity index (χ4v) is 1.74. The van der Waals surface area contributed by atoms with Crippen molar-refractivity contribution in [2.24, 2.45) is 0 Å². The second-order valence-electron chi connectivity index (χ2n) is 4.88. The normalized spacial score (nSPS) is 11.8. The SMILES string of the molecule is Cc1ccc(O)c(C(=O)O[C@@H](C)C(=O)Nc2cc(C)on2)c1. The van der Waals surface area contributed by atoms with Crippen molar-refractivity contribution in [1.82, 2.24) is 5.16 Å². The van der Waals surface area contributed by atoms with E-state index in [4.69, 9.17) is 9.26 Å². The molecular weight excluding hydrogens is 288 g/mol. The molecule has 2 rings (SSSR count). The topological polar surface area (TPSA) is 102 Å². The van der Waals surface area contributed by atoms with Gasteiger partial charge in [0.25, 0.3) is 5.91 Å². The van der Waals surface area contributed by atoms with Crippen LogP contribution in [0.15, 0.2) is 28.8 Å². The molecule has 2 N–H and O–H groups in total. The van der Waals surface area contributed by atoms with Crippen molar-refractivity contribution in [3.05, 3.63) is 41.2 Å². The van der Waals surface area contributed by atoms with Crippen molar-refractivity contribution in [3.63, 3.8) is 0 Å². The van der Waals surface area contributed by atoms with E-state index in [0.717, 1.165) is 5.56 Å². The Kier molecular flexibility index (Phi) is 4.45. The van der Waals surface area contributed by atoms with Crippen LogP contribution in [-0.2, 0) is 9.53 Å². The number of aromatic nitrogens is 1. The van der Waals surface area contributed by atoms with E-state index in [9.17, 15) is 14.7 Å². The third-order valence-corrected chi connectivity index (χ3v) is 2.90. The molecule has 0 fully saturated rings. The lowest BCUT2D eigenvalue weighted by atomic mass is 10.1. The first-order chi connectivity index (χ1) is 10.4. The van der Waals surface area contributed by atoms with E-state index < -0.39 is 18.0 Å². The van der Waals surface area contributed by atoms with Crippen LogP contribution in [0, 0.1) is 13.8 Å². The quantitative estimate of drug-likeness (QED) is 0.839. The summed E-state index contributed by atoms with van der Waals surface area (Å²) in [6, 6.07) is 6.09. The Balaban J connectivity index is 2.01. The summed E-state index contributed by atoms with van der Waals surface area (Å²) in [5, 5.41) is 15.7. The van der Waals surface area contributed by atoms with Crippen molar-refractivity contribution < 1.29 is 24.0 Å². The second kappa shape index (κ2) is 6.30. The molecular formula is C15H16N2O5. The minimum Gasteiger partial charge on any atom is -0.507 e. The van der Waals surface area contributed by atoms with Crippen LogP contribution >= 0.6 is 0 Å². The summed E-state index contributed by atoms with van der Waals surface area (Å²) in [5.74, 6) is -0.738. The maximum Gasteiger partial charge on any atom is 0.342 e. The van der Waals surface area contributed by atoms with Gasteiger partial charge >= 0.3 is 5.97 Å². The predicted octanol–water partition coefficient (Wildman–Crippen LogP) is 2.18. The molecule has 0 aliphatic heterocycles. The van der Waals surface area contributed by atoms with Gasteiger partial charge in [0.1, 0.15) is 17.1 Å². The number of rotatable bonds is 4. The largest absolute Gasteiger partial charge is 0.507 e. The Morgan fingerprint density at radius 1 is 1.32 bits per heavy atom. The number of aryl methyl sites for hydroxylation is 2. The molecule has 1 atom stereocenters. The Labute approximate surface area is 126 Å². The second-order valence-corrected chi connectivity index (χ2v) is 4.88. The summed E-state index contributed by atoms with van der Waals surface area (Å²) in [6.45, 7) is 4.89. The molecule has 0 radical (unpaired) electrons. The minimum atomic E-state index is -1.05. The Bertz CT molecular complexity index is 708. The van der Waals surface area contributed by atoms with Gasteiger partial charge in [-0.2, -0.15) is 0 Å². The highest BCUT2D eigenvalue weighted by Gasteiger charge is 2.21. The summed E-state index contributed by atoms with van der Waals surface area (Å²) in [7, 11) is 0. The van der Waals surface area contributed by atoms with Gasteiger partial charge in [-0.15, -0.1) is 0 Å². The molecule has 1 aromatic carbocycles. The predicted molar refractivity (Wildman–Crippen MR) is 77.6 cm³/mol. The van der Waals surface area contributed by atoms with Crippen molar-refractivity contribution >= 4 is 17.7 Å². The first kappa shape index (κ1) is 15.6. The van der Waals surface area contributed by atoms with Crippen LogP contribution in [-0.4, -0.2) is 28.2 Å². The van der Waals surface area contributed by atoms with Crippen LogP contribution in [0.1, 0.15) is 28.6 Å². The molecule has 2 aromatic rings. The van der Waals surface area contributed by atoms with Gasteiger partial charge in [-0.05, 0) is 32.9 Å². The van der Waals surface area contributed by atoms with Crippen LogP contribution < -0.4 is 5.32 Å². The Morgan fingerprint density at radius 3 is 2.68 bits per heavy atom. The monoisotopic (exact) mass is 304 g/mol. The molecule has 0 saturated heterocycles. The Hall–Kier alpha value is -2.83. The van der Waals surface area contributed by atoms with Gasteiger partial charge in [0.15, 0.2) is 11.9 Å². The van der Waals surface area contributed by atoms with Gasteiger partial charge in [-0.25, -0.2) is 4.79 Å². The van der Waals surface area contributed by atoms with E-state index in [1.807, 2.05) is 0 Å². The van der Waals surface area contributed by atoms with Crippen molar-refractivity contribution in [1.29, 1.82) is 0 Å². The van der Waals surface area contributed by atoms with Crippen molar-refractivity contribution in [3.8, 4) is 5.75 Å². The zero-order valence-electron chi connectivity index (χ0n) is 12.4. The zero-order valence-corrected chi connectivity index (χ0v) is 12.4. The van der Waals surface area contributed by atoms with E-state index >= 15 is 0 Å². The van der Waals surface area contributed by atoms with E-state index in [1.165, 1.54) is 19.1 Å². The van der Waals surface area contributed by atoms with E-state index in [-0.39, 0.29) is 17.1 Å². The zero-order chi connectivity index (χ0) is 16.3. The van der Waals surface area contributed by atoms with Gasteiger partial charge in [-0.1, -0.05) is 16.8 Å². The lowest BCUT2D eigenvalue weighted by Crippen LogP contribution is -2.30. The molecule has 0 aliphatic carbocycles. The highest BCUT2D eigenvalue weighted by atomic mass is 16.5. The van der Waals surface area contributed by atoms with Crippen molar-refractivity contribution in [2.45, 2.75) is 26.9 Å². The average molecular weight is 304 g/mol. The van der Waals surface area contributed by atoms with E-state index in [0.29, 0.717) is 5.76 Å². The number of phenols is 1. The molecule has 0 unspecified atom stereocenters. The number of carbonyl (C=O) groups excluding carboxylic acids is 2. The number of ether oxygens (including phenoxy) is 1. The van der Waals surface area contributed by atoms with Crippen molar-refractivity contribution in [2.75, 3.05) is 5.32 Å². The third kappa shape index (κ3) is 3.63. The number of benzene rings is 1. The molecule has 7 heteroatoms. The molecule has 116 valence electrons. The number of amides is 1. The smallest absolute Gasteiger partial charge is 0.342 e. The molecule has 22 heavy (non-hydrogen) atoms. The highest BCUT2D eigenvalue weighted by Crippen LogP contribution is 2.20. The standard InChI is InChI=1S/C15H16N2O5/c1-8-4-5-12(18)11(6-8)15(20)21-10(3)14(19)16-13-7-9(2)22-17-13/h4-7,10,18H,1-3H3,(H,16,17,19)/t10-/m0/s1. The lowest BCUT2D eigenvalue weighted by molar-refractivity contribution is -0.123. The highest BCUT2D eigenvalue weighted by molar-refractivity contribution is 5.97. The van der Waals surface area contributed by atoms with Gasteiger partial charge in [0, 0.05) is 6.07 Å². The summed E-state index contributed by atoms with van der Waals surface area (Å²) in [5.41, 5.74) is 0.803. The summed E-state index contributed by atoms with van der Waals surface area (Å²) in [6.07, 6.45) is -1.05. The minimum absolute atomic E-state index is 0.0110. The third-order valence-electron chi connectivity index (χ3n) is 2.90. The van der Waals surface area contributed by atoms with Crippen LogP contribution in [0.5, 0.6) is 5.75 Å². The lowest BCUT2D eigenvalue weighted by Gasteiger charge is -2.13. The molecule has 7 nitrogen and oxygen atoms in total. The van der Waals surface area contributed by atoms with Gasteiger partial charge in [0.05, 0.1) is 0 Å². The van der Waals surface area contributed by atoms with Gasteiger partial charge < -0.3 is 19.7 Å². The van der Waals surface area contributed by atoms with Crippen LogP contribution in [0.2, 0.25) is 0 Å². The maximum absolute atomic E-state index is 12.0. The number of nitrogens with one attached hydrogen (secondary N) is 1.